The highest BCUT2D eigenvalue weighted by molar-refractivity contribution is 6.01. The molecule has 0 radical (unpaired) electrons. The third-order valence-corrected chi connectivity index (χ3v) is 4.32. The minimum atomic E-state index is -1.24. The van der Waals surface area contributed by atoms with Crippen LogP contribution < -0.4 is 5.43 Å². The summed E-state index contributed by atoms with van der Waals surface area (Å²) in [5.74, 6) is -0.548. The molecule has 0 bridgehead atoms. The lowest BCUT2D eigenvalue weighted by atomic mass is 10.0. The van der Waals surface area contributed by atoms with Gasteiger partial charge in [0.25, 0.3) is 5.91 Å². The Morgan fingerprint density at radius 1 is 0.889 bits per heavy atom. The van der Waals surface area contributed by atoms with Crippen molar-refractivity contribution in [2.45, 2.75) is 19.4 Å². The SMILES string of the molecule is CCC(=NNC(=O)[C@@H](O)c1ccccc1)c1ccc(-c2ccccc2)cc1. The monoisotopic (exact) mass is 358 g/mol. The lowest BCUT2D eigenvalue weighted by Crippen LogP contribution is -2.26. The zero-order valence-electron chi connectivity index (χ0n) is 15.2. The van der Waals surface area contributed by atoms with Crippen molar-refractivity contribution in [1.82, 2.24) is 5.43 Å². The van der Waals surface area contributed by atoms with Crippen molar-refractivity contribution < 1.29 is 9.90 Å². The van der Waals surface area contributed by atoms with E-state index < -0.39 is 12.0 Å². The number of amides is 1. The second-order valence-corrected chi connectivity index (χ2v) is 6.14. The molecule has 4 heteroatoms. The molecule has 0 aliphatic rings. The molecule has 3 aromatic carbocycles. The van der Waals surface area contributed by atoms with Crippen LogP contribution in [0.4, 0.5) is 0 Å². The fourth-order valence-corrected chi connectivity index (χ4v) is 2.80. The predicted octanol–water partition coefficient (Wildman–Crippen LogP) is 4.32. The number of hydrogen-bond acceptors (Lipinski definition) is 3. The Morgan fingerprint density at radius 3 is 2.04 bits per heavy atom. The van der Waals surface area contributed by atoms with Crippen molar-refractivity contribution in [1.29, 1.82) is 0 Å². The first kappa shape index (κ1) is 18.5. The molecule has 1 atom stereocenters. The van der Waals surface area contributed by atoms with E-state index in [2.05, 4.69) is 22.7 Å². The van der Waals surface area contributed by atoms with E-state index in [0.29, 0.717) is 12.0 Å². The van der Waals surface area contributed by atoms with Crippen molar-refractivity contribution >= 4 is 11.6 Å². The molecule has 2 N–H and O–H groups in total. The number of rotatable bonds is 6. The summed E-state index contributed by atoms with van der Waals surface area (Å²) in [5.41, 5.74) is 6.98. The lowest BCUT2D eigenvalue weighted by Gasteiger charge is -2.10. The van der Waals surface area contributed by atoms with Crippen molar-refractivity contribution in [3.63, 3.8) is 0 Å². The molecule has 0 saturated carbocycles. The van der Waals surface area contributed by atoms with Crippen LogP contribution in [0, 0.1) is 0 Å². The van der Waals surface area contributed by atoms with Gasteiger partial charge in [0, 0.05) is 0 Å². The molecule has 136 valence electrons. The van der Waals surface area contributed by atoms with Crippen LogP contribution in [0.25, 0.3) is 11.1 Å². The van der Waals surface area contributed by atoms with E-state index in [1.165, 1.54) is 0 Å². The zero-order chi connectivity index (χ0) is 19.1. The van der Waals surface area contributed by atoms with Gasteiger partial charge >= 0.3 is 0 Å². The number of benzene rings is 3. The molecule has 0 unspecified atom stereocenters. The maximum Gasteiger partial charge on any atom is 0.273 e. The van der Waals surface area contributed by atoms with Gasteiger partial charge in [0.15, 0.2) is 6.10 Å². The summed E-state index contributed by atoms with van der Waals surface area (Å²) >= 11 is 0. The quantitative estimate of drug-likeness (QED) is 0.509. The summed E-state index contributed by atoms with van der Waals surface area (Å²) in [7, 11) is 0. The van der Waals surface area contributed by atoms with E-state index in [9.17, 15) is 9.90 Å². The van der Waals surface area contributed by atoms with Gasteiger partial charge in [-0.05, 0) is 28.7 Å². The van der Waals surface area contributed by atoms with Crippen LogP contribution in [0.3, 0.4) is 0 Å². The van der Waals surface area contributed by atoms with Gasteiger partial charge in [-0.1, -0.05) is 91.9 Å². The van der Waals surface area contributed by atoms with E-state index in [0.717, 1.165) is 22.4 Å². The maximum absolute atomic E-state index is 12.2. The molecule has 3 rings (SSSR count). The lowest BCUT2D eigenvalue weighted by molar-refractivity contribution is -0.129. The van der Waals surface area contributed by atoms with Crippen molar-refractivity contribution in [3.05, 3.63) is 96.1 Å². The average Bonchev–Trinajstić information content (AvgIpc) is 2.75. The number of aliphatic hydroxyl groups excluding tert-OH is 1. The predicted molar refractivity (Wildman–Crippen MR) is 108 cm³/mol. The largest absolute Gasteiger partial charge is 0.378 e. The van der Waals surface area contributed by atoms with Crippen molar-refractivity contribution in [3.8, 4) is 11.1 Å². The molecule has 3 aromatic rings. The number of nitrogens with zero attached hydrogens (tertiary/aromatic N) is 1. The summed E-state index contributed by atoms with van der Waals surface area (Å²) in [5, 5.41) is 14.3. The van der Waals surface area contributed by atoms with E-state index in [1.54, 1.807) is 24.3 Å². The van der Waals surface area contributed by atoms with E-state index in [4.69, 9.17) is 0 Å². The van der Waals surface area contributed by atoms with E-state index >= 15 is 0 Å². The molecular formula is C23H22N2O2. The molecule has 27 heavy (non-hydrogen) atoms. The van der Waals surface area contributed by atoms with Crippen molar-refractivity contribution in [2.75, 3.05) is 0 Å². The average molecular weight is 358 g/mol. The highest BCUT2D eigenvalue weighted by atomic mass is 16.3. The topological polar surface area (TPSA) is 61.7 Å². The minimum absolute atomic E-state index is 0.537. The van der Waals surface area contributed by atoms with Crippen LogP contribution in [0.15, 0.2) is 90.0 Å². The molecule has 4 nitrogen and oxygen atoms in total. The molecule has 0 aliphatic carbocycles. The van der Waals surface area contributed by atoms with Crippen LogP contribution in [0.5, 0.6) is 0 Å². The molecular weight excluding hydrogens is 336 g/mol. The Kier molecular flexibility index (Phi) is 6.13. The van der Waals surface area contributed by atoms with Gasteiger partial charge in [-0.15, -0.1) is 0 Å². The summed E-state index contributed by atoms with van der Waals surface area (Å²) in [6.45, 7) is 1.98. The molecule has 0 spiro atoms. The Balaban J connectivity index is 1.71. The van der Waals surface area contributed by atoms with Gasteiger partial charge in [0.05, 0.1) is 5.71 Å². The molecule has 0 saturated heterocycles. The highest BCUT2D eigenvalue weighted by Gasteiger charge is 2.16. The first-order chi connectivity index (χ1) is 13.2. The third-order valence-electron chi connectivity index (χ3n) is 4.32. The van der Waals surface area contributed by atoms with Gasteiger partial charge in [-0.2, -0.15) is 5.10 Å². The van der Waals surface area contributed by atoms with Crippen LogP contribution in [-0.4, -0.2) is 16.7 Å². The van der Waals surface area contributed by atoms with Crippen LogP contribution in [-0.2, 0) is 4.79 Å². The number of carbonyl (C=O) groups excluding carboxylic acids is 1. The summed E-state index contributed by atoms with van der Waals surface area (Å²) < 4.78 is 0. The van der Waals surface area contributed by atoms with Gasteiger partial charge in [0.2, 0.25) is 0 Å². The Bertz CT molecular complexity index is 904. The second kappa shape index (κ2) is 8.92. The first-order valence-electron chi connectivity index (χ1n) is 8.94. The highest BCUT2D eigenvalue weighted by Crippen LogP contribution is 2.20. The van der Waals surface area contributed by atoms with Crippen LogP contribution in [0.2, 0.25) is 0 Å². The zero-order valence-corrected chi connectivity index (χ0v) is 15.2. The van der Waals surface area contributed by atoms with Crippen LogP contribution in [0.1, 0.15) is 30.6 Å². The van der Waals surface area contributed by atoms with Gasteiger partial charge in [-0.3, -0.25) is 4.79 Å². The maximum atomic E-state index is 12.2. The standard InChI is InChI=1S/C23H22N2O2/c1-2-21(24-25-23(27)22(26)20-11-7-4-8-12-20)19-15-13-18(14-16-19)17-9-5-3-6-10-17/h3-16,22,26H,2H2,1H3,(H,25,27)/t22-/m0/s1. The molecule has 0 fully saturated rings. The fraction of sp³-hybridized carbons (Fsp3) is 0.130. The summed E-state index contributed by atoms with van der Waals surface area (Å²) in [6.07, 6.45) is -0.583. The molecule has 0 heterocycles. The van der Waals surface area contributed by atoms with Crippen molar-refractivity contribution in [2.24, 2.45) is 5.10 Å². The normalized spacial score (nSPS) is 12.4. The smallest absolute Gasteiger partial charge is 0.273 e. The van der Waals surface area contributed by atoms with E-state index in [1.807, 2.05) is 55.5 Å². The minimum Gasteiger partial charge on any atom is -0.378 e. The number of nitrogens with one attached hydrogen (secondary N) is 1. The summed E-state index contributed by atoms with van der Waals surface area (Å²) in [6, 6.07) is 27.0. The Morgan fingerprint density at radius 2 is 1.44 bits per heavy atom. The summed E-state index contributed by atoms with van der Waals surface area (Å²) in [4.78, 5) is 12.2. The fourth-order valence-electron chi connectivity index (χ4n) is 2.80. The first-order valence-corrected chi connectivity index (χ1v) is 8.94. The second-order valence-electron chi connectivity index (χ2n) is 6.14. The van der Waals surface area contributed by atoms with Gasteiger partial charge in [-0.25, -0.2) is 5.43 Å². The van der Waals surface area contributed by atoms with Crippen LogP contribution >= 0.6 is 0 Å². The number of hydrazone groups is 1. The number of aliphatic hydroxyl groups is 1. The molecule has 0 aromatic heterocycles. The molecule has 1 amide bonds. The number of carbonyl (C=O) groups is 1. The Hall–Kier alpha value is -3.24. The van der Waals surface area contributed by atoms with E-state index in [-0.39, 0.29) is 0 Å². The van der Waals surface area contributed by atoms with Gasteiger partial charge in [0.1, 0.15) is 0 Å². The number of hydrogen-bond donors (Lipinski definition) is 2. The van der Waals surface area contributed by atoms with Gasteiger partial charge < -0.3 is 5.11 Å². The third kappa shape index (κ3) is 4.68. The molecule has 0 aliphatic heterocycles. The Labute approximate surface area is 159 Å².